The highest BCUT2D eigenvalue weighted by molar-refractivity contribution is 7.98. The molecule has 0 spiro atoms. The summed E-state index contributed by atoms with van der Waals surface area (Å²) in [5.41, 5.74) is 6.93. The number of pyridine rings is 2. The Hall–Kier alpha value is -3.67. The van der Waals surface area contributed by atoms with Crippen LogP contribution in [0.25, 0.3) is 33.3 Å². The van der Waals surface area contributed by atoms with Crippen LogP contribution in [0, 0.1) is 0 Å². The number of fused-ring (bicyclic) bond motifs is 1. The summed E-state index contributed by atoms with van der Waals surface area (Å²) in [4.78, 5) is 21.3. The van der Waals surface area contributed by atoms with Crippen molar-refractivity contribution in [1.29, 1.82) is 0 Å². The average molecular weight is 464 g/mol. The Morgan fingerprint density at radius 1 is 0.824 bits per heavy atom. The minimum atomic E-state index is -0.127. The molecule has 0 aliphatic rings. The standard InChI is InChI=1S/C29H25N3OS/c1-34-24-13-9-21(10-14-24)19-30-18-20-7-11-23(12-8-20)28-25(22-5-3-2-4-6-22)17-26-27(32-28)15-16-31-29(26)33/h2-17,30H,18-19H2,1H3,(H,31,33). The zero-order chi connectivity index (χ0) is 23.3. The van der Waals surface area contributed by atoms with Crippen LogP contribution in [0.5, 0.6) is 0 Å². The molecule has 5 heteroatoms. The van der Waals surface area contributed by atoms with E-state index in [0.29, 0.717) is 10.9 Å². The van der Waals surface area contributed by atoms with E-state index in [9.17, 15) is 4.79 Å². The SMILES string of the molecule is CSc1ccc(CNCc2ccc(-c3nc4cc[nH]c(=O)c4cc3-c3ccccc3)cc2)cc1. The van der Waals surface area contributed by atoms with Crippen LogP contribution in [0.1, 0.15) is 11.1 Å². The highest BCUT2D eigenvalue weighted by atomic mass is 32.2. The Labute approximate surface area is 203 Å². The van der Waals surface area contributed by atoms with Gasteiger partial charge in [-0.05, 0) is 47.2 Å². The van der Waals surface area contributed by atoms with Crippen LogP contribution in [0.2, 0.25) is 0 Å². The molecule has 5 aromatic rings. The predicted octanol–water partition coefficient (Wildman–Crippen LogP) is 6.27. The molecule has 0 atom stereocenters. The van der Waals surface area contributed by atoms with Gasteiger partial charge in [-0.3, -0.25) is 4.79 Å². The van der Waals surface area contributed by atoms with Crippen molar-refractivity contribution in [3.63, 3.8) is 0 Å². The van der Waals surface area contributed by atoms with Gasteiger partial charge in [0.2, 0.25) is 0 Å². The first-order chi connectivity index (χ1) is 16.7. The molecule has 0 saturated heterocycles. The smallest absolute Gasteiger partial charge is 0.257 e. The van der Waals surface area contributed by atoms with E-state index in [4.69, 9.17) is 4.98 Å². The van der Waals surface area contributed by atoms with Gasteiger partial charge >= 0.3 is 0 Å². The maximum atomic E-state index is 12.4. The first-order valence-electron chi connectivity index (χ1n) is 11.2. The number of aromatic nitrogens is 2. The quantitative estimate of drug-likeness (QED) is 0.279. The summed E-state index contributed by atoms with van der Waals surface area (Å²) in [5.74, 6) is 0. The molecule has 0 fully saturated rings. The number of hydrogen-bond donors (Lipinski definition) is 2. The molecule has 2 heterocycles. The molecule has 0 aliphatic heterocycles. The highest BCUT2D eigenvalue weighted by Gasteiger charge is 2.13. The lowest BCUT2D eigenvalue weighted by atomic mass is 9.97. The number of benzene rings is 3. The van der Waals surface area contributed by atoms with Gasteiger partial charge in [-0.2, -0.15) is 0 Å². The van der Waals surface area contributed by atoms with Gasteiger partial charge in [0.1, 0.15) is 0 Å². The van der Waals surface area contributed by atoms with E-state index in [2.05, 4.69) is 65.1 Å². The number of hydrogen-bond acceptors (Lipinski definition) is 4. The molecule has 0 bridgehead atoms. The molecule has 0 radical (unpaired) electrons. The Balaban J connectivity index is 1.40. The van der Waals surface area contributed by atoms with Crippen LogP contribution in [0.3, 0.4) is 0 Å². The first-order valence-corrected chi connectivity index (χ1v) is 12.4. The van der Waals surface area contributed by atoms with Crippen LogP contribution in [0.4, 0.5) is 0 Å². The zero-order valence-electron chi connectivity index (χ0n) is 18.9. The van der Waals surface area contributed by atoms with Gasteiger partial charge in [-0.1, -0.05) is 66.7 Å². The lowest BCUT2D eigenvalue weighted by molar-refractivity contribution is 0.693. The van der Waals surface area contributed by atoms with Crippen LogP contribution >= 0.6 is 11.8 Å². The predicted molar refractivity (Wildman–Crippen MR) is 142 cm³/mol. The number of H-pyrrole nitrogens is 1. The number of nitrogens with zero attached hydrogens (tertiary/aromatic N) is 1. The van der Waals surface area contributed by atoms with Gasteiger partial charge in [0.25, 0.3) is 5.56 Å². The maximum Gasteiger partial charge on any atom is 0.257 e. The van der Waals surface area contributed by atoms with Gasteiger partial charge < -0.3 is 10.3 Å². The van der Waals surface area contributed by atoms with E-state index in [1.807, 2.05) is 42.5 Å². The van der Waals surface area contributed by atoms with Gasteiger partial charge in [-0.25, -0.2) is 4.98 Å². The van der Waals surface area contributed by atoms with E-state index < -0.39 is 0 Å². The third kappa shape index (κ3) is 4.81. The third-order valence-corrected chi connectivity index (χ3v) is 6.63. The van der Waals surface area contributed by atoms with Gasteiger partial charge in [0.05, 0.1) is 16.6 Å². The summed E-state index contributed by atoms with van der Waals surface area (Å²) in [6, 6.07) is 31.0. The maximum absolute atomic E-state index is 12.4. The normalized spacial score (nSPS) is 11.1. The number of aromatic amines is 1. The molecule has 0 saturated carbocycles. The molecule has 168 valence electrons. The van der Waals surface area contributed by atoms with Gasteiger partial charge in [0, 0.05) is 35.3 Å². The van der Waals surface area contributed by atoms with E-state index in [-0.39, 0.29) is 5.56 Å². The van der Waals surface area contributed by atoms with Crippen LogP contribution in [0.15, 0.2) is 107 Å². The number of nitrogens with one attached hydrogen (secondary N) is 2. The van der Waals surface area contributed by atoms with Crippen molar-refractivity contribution in [2.24, 2.45) is 0 Å². The summed E-state index contributed by atoms with van der Waals surface area (Å²) in [6.07, 6.45) is 3.74. The van der Waals surface area contributed by atoms with Crippen molar-refractivity contribution in [3.05, 3.63) is 119 Å². The molecular weight excluding hydrogens is 438 g/mol. The number of thioether (sulfide) groups is 1. The Morgan fingerprint density at radius 3 is 2.18 bits per heavy atom. The molecular formula is C29H25N3OS. The topological polar surface area (TPSA) is 57.8 Å². The van der Waals surface area contributed by atoms with Crippen molar-refractivity contribution in [1.82, 2.24) is 15.3 Å². The molecule has 2 aromatic heterocycles. The second-order valence-electron chi connectivity index (χ2n) is 8.14. The Kier molecular flexibility index (Phi) is 6.56. The molecule has 2 N–H and O–H groups in total. The number of rotatable bonds is 7. The highest BCUT2D eigenvalue weighted by Crippen LogP contribution is 2.32. The third-order valence-electron chi connectivity index (χ3n) is 5.88. The second kappa shape index (κ2) is 10.1. The second-order valence-corrected chi connectivity index (χ2v) is 9.02. The molecule has 0 amide bonds. The fourth-order valence-corrected chi connectivity index (χ4v) is 4.45. The minimum absolute atomic E-state index is 0.127. The Morgan fingerprint density at radius 2 is 1.50 bits per heavy atom. The Bertz CT molecular complexity index is 1460. The average Bonchev–Trinajstić information content (AvgIpc) is 2.90. The zero-order valence-corrected chi connectivity index (χ0v) is 19.7. The van der Waals surface area contributed by atoms with Crippen LogP contribution < -0.4 is 10.9 Å². The summed E-state index contributed by atoms with van der Waals surface area (Å²) in [5, 5.41) is 4.12. The van der Waals surface area contributed by atoms with Crippen molar-refractivity contribution in [3.8, 4) is 22.4 Å². The fourth-order valence-electron chi connectivity index (χ4n) is 4.04. The molecule has 0 aliphatic carbocycles. The molecule has 4 nitrogen and oxygen atoms in total. The van der Waals surface area contributed by atoms with Gasteiger partial charge in [-0.15, -0.1) is 11.8 Å². The lowest BCUT2D eigenvalue weighted by Gasteiger charge is -2.12. The van der Waals surface area contributed by atoms with E-state index in [1.165, 1.54) is 16.0 Å². The van der Waals surface area contributed by atoms with Crippen molar-refractivity contribution < 1.29 is 0 Å². The molecule has 3 aromatic carbocycles. The largest absolute Gasteiger partial charge is 0.328 e. The van der Waals surface area contributed by atoms with E-state index in [1.54, 1.807) is 18.0 Å². The van der Waals surface area contributed by atoms with Gasteiger partial charge in [0.15, 0.2) is 0 Å². The van der Waals surface area contributed by atoms with Crippen molar-refractivity contribution in [2.45, 2.75) is 18.0 Å². The summed E-state index contributed by atoms with van der Waals surface area (Å²) >= 11 is 1.76. The minimum Gasteiger partial charge on any atom is -0.328 e. The molecule has 5 rings (SSSR count). The fraction of sp³-hybridized carbons (Fsp3) is 0.103. The summed E-state index contributed by atoms with van der Waals surface area (Å²) in [6.45, 7) is 1.62. The first kappa shape index (κ1) is 22.1. The lowest BCUT2D eigenvalue weighted by Crippen LogP contribution is -2.12. The van der Waals surface area contributed by atoms with E-state index in [0.717, 1.165) is 35.5 Å². The van der Waals surface area contributed by atoms with Crippen molar-refractivity contribution in [2.75, 3.05) is 6.26 Å². The van der Waals surface area contributed by atoms with Crippen LogP contribution in [-0.4, -0.2) is 16.2 Å². The summed E-state index contributed by atoms with van der Waals surface area (Å²) in [7, 11) is 0. The summed E-state index contributed by atoms with van der Waals surface area (Å²) < 4.78 is 0. The van der Waals surface area contributed by atoms with E-state index >= 15 is 0 Å². The molecule has 34 heavy (non-hydrogen) atoms. The monoisotopic (exact) mass is 463 g/mol. The van der Waals surface area contributed by atoms with Crippen molar-refractivity contribution >= 4 is 22.7 Å². The molecule has 0 unspecified atom stereocenters. The van der Waals surface area contributed by atoms with Crippen LogP contribution in [-0.2, 0) is 13.1 Å².